The number of aromatic hydroxyl groups is 1. The van der Waals surface area contributed by atoms with Crippen LogP contribution in [0.5, 0.6) is 5.75 Å². The van der Waals surface area contributed by atoms with Crippen LogP contribution in [0.1, 0.15) is 5.56 Å². The molecule has 0 aliphatic rings. The molecule has 5 heteroatoms. The Labute approximate surface area is 82.4 Å². The van der Waals surface area contributed by atoms with E-state index >= 15 is 0 Å². The van der Waals surface area contributed by atoms with Crippen molar-refractivity contribution in [2.75, 3.05) is 5.73 Å². The number of carboxylic acids is 1. The molecule has 0 amide bonds. The van der Waals surface area contributed by atoms with E-state index < -0.39 is 12.0 Å². The SMILES string of the molecule is [2H]Nc1cc(C[C@H](N)C(=O)O)ccc1O. The summed E-state index contributed by atoms with van der Waals surface area (Å²) in [5, 5.41) is 17.8. The molecule has 0 heterocycles. The number of nitrogen functional groups attached to an aromatic ring is 1. The number of hydrogen-bond donors (Lipinski definition) is 4. The van der Waals surface area contributed by atoms with Crippen molar-refractivity contribution in [2.45, 2.75) is 12.5 Å². The average molecular weight is 197 g/mol. The molecule has 0 saturated carbocycles. The second-order valence-electron chi connectivity index (χ2n) is 3.00. The number of rotatable bonds is 4. The van der Waals surface area contributed by atoms with Crippen LogP contribution < -0.4 is 11.5 Å². The van der Waals surface area contributed by atoms with Crippen LogP contribution in [-0.4, -0.2) is 22.2 Å². The van der Waals surface area contributed by atoms with Crippen LogP contribution in [0.2, 0.25) is 1.41 Å². The van der Waals surface area contributed by atoms with E-state index in [2.05, 4.69) is 0 Å². The number of nitrogens with two attached hydrogens (primary N) is 2. The van der Waals surface area contributed by atoms with Gasteiger partial charge in [0.25, 0.3) is 0 Å². The molecule has 0 aromatic heterocycles. The second kappa shape index (κ2) is 3.97. The Hall–Kier alpha value is -1.75. The first-order chi connectivity index (χ1) is 7.04. The fourth-order valence-electron chi connectivity index (χ4n) is 1.05. The Morgan fingerprint density at radius 1 is 1.64 bits per heavy atom. The summed E-state index contributed by atoms with van der Waals surface area (Å²) in [5.41, 5.74) is 8.28. The van der Waals surface area contributed by atoms with E-state index in [1.54, 1.807) is 6.07 Å². The van der Waals surface area contributed by atoms with E-state index in [1.165, 1.54) is 12.1 Å². The molecule has 1 rings (SSSR count). The average Bonchev–Trinajstić information content (AvgIpc) is 2.20. The summed E-state index contributed by atoms with van der Waals surface area (Å²) < 4.78 is 6.89. The molecular formula is C9H12N2O3. The third-order valence-corrected chi connectivity index (χ3v) is 1.83. The van der Waals surface area contributed by atoms with Crippen molar-refractivity contribution in [3.05, 3.63) is 23.8 Å². The molecule has 0 aliphatic heterocycles. The van der Waals surface area contributed by atoms with Gasteiger partial charge in [0.05, 0.1) is 5.69 Å². The maximum absolute atomic E-state index is 10.5. The van der Waals surface area contributed by atoms with Crippen molar-refractivity contribution >= 4 is 11.7 Å². The van der Waals surface area contributed by atoms with Crippen LogP contribution in [0, 0.1) is 0 Å². The van der Waals surface area contributed by atoms with E-state index in [4.69, 9.17) is 12.3 Å². The van der Waals surface area contributed by atoms with Crippen molar-refractivity contribution in [1.82, 2.24) is 0 Å². The largest absolute Gasteiger partial charge is 0.506 e. The van der Waals surface area contributed by atoms with E-state index in [9.17, 15) is 9.90 Å². The molecule has 1 atom stereocenters. The van der Waals surface area contributed by atoms with Crippen LogP contribution >= 0.6 is 0 Å². The Kier molecular flexibility index (Phi) is 2.51. The molecule has 76 valence electrons. The summed E-state index contributed by atoms with van der Waals surface area (Å²) in [6, 6.07) is 3.47. The quantitative estimate of drug-likeness (QED) is 0.399. The van der Waals surface area contributed by atoms with Crippen LogP contribution in [-0.2, 0) is 11.2 Å². The van der Waals surface area contributed by atoms with Gasteiger partial charge in [-0.25, -0.2) is 0 Å². The predicted molar refractivity (Wildman–Crippen MR) is 51.8 cm³/mol. The minimum atomic E-state index is -1.08. The standard InChI is InChI=1S/C9H12N2O3/c10-6-3-5(1-2-8(6)12)4-7(11)9(13)14/h1-3,7,12H,4,10-11H2,(H,13,14)/t7-/m0/s1/i/hD. The first kappa shape index (κ1) is 8.83. The molecule has 0 radical (unpaired) electrons. The number of carbonyl (C=O) groups is 1. The van der Waals surface area contributed by atoms with Gasteiger partial charge in [-0.05, 0) is 24.1 Å². The van der Waals surface area contributed by atoms with E-state index in [1.807, 2.05) is 5.73 Å². The van der Waals surface area contributed by atoms with E-state index in [0.717, 1.165) is 0 Å². The minimum Gasteiger partial charge on any atom is -0.506 e. The molecule has 1 aromatic rings. The molecule has 14 heavy (non-hydrogen) atoms. The van der Waals surface area contributed by atoms with Gasteiger partial charge in [-0.3, -0.25) is 4.79 Å². The first-order valence-corrected chi connectivity index (χ1v) is 4.02. The zero-order valence-electron chi connectivity index (χ0n) is 8.40. The number of anilines is 1. The molecule has 0 fully saturated rings. The van der Waals surface area contributed by atoms with Gasteiger partial charge in [-0.1, -0.05) is 6.07 Å². The fourth-order valence-corrected chi connectivity index (χ4v) is 1.05. The van der Waals surface area contributed by atoms with Crippen LogP contribution in [0.25, 0.3) is 0 Å². The number of phenols is 1. The maximum atomic E-state index is 10.5. The molecule has 0 aliphatic carbocycles. The smallest absolute Gasteiger partial charge is 0.320 e. The topological polar surface area (TPSA) is 110 Å². The lowest BCUT2D eigenvalue weighted by molar-refractivity contribution is -0.138. The van der Waals surface area contributed by atoms with Crippen LogP contribution in [0.3, 0.4) is 0 Å². The lowest BCUT2D eigenvalue weighted by Gasteiger charge is -2.07. The summed E-state index contributed by atoms with van der Waals surface area (Å²) >= 11 is 0. The second-order valence-corrected chi connectivity index (χ2v) is 3.00. The molecule has 0 spiro atoms. The summed E-state index contributed by atoms with van der Waals surface area (Å²) in [4.78, 5) is 10.5. The van der Waals surface area contributed by atoms with Gasteiger partial charge in [0.1, 0.15) is 11.8 Å². The summed E-state index contributed by atoms with van der Waals surface area (Å²) in [7, 11) is 0. The molecule has 0 saturated heterocycles. The number of carboxylic acid groups (broad SMARTS) is 1. The first-order valence-electron chi connectivity index (χ1n) is 4.52. The van der Waals surface area contributed by atoms with Crippen molar-refractivity contribution in [2.24, 2.45) is 5.73 Å². The van der Waals surface area contributed by atoms with Crippen LogP contribution in [0.4, 0.5) is 5.69 Å². The van der Waals surface area contributed by atoms with E-state index in [-0.39, 0.29) is 17.9 Å². The molecule has 0 bridgehead atoms. The van der Waals surface area contributed by atoms with Gasteiger partial charge < -0.3 is 21.7 Å². The highest BCUT2D eigenvalue weighted by Crippen LogP contribution is 2.20. The number of hydrogen-bond acceptors (Lipinski definition) is 4. The van der Waals surface area contributed by atoms with Gasteiger partial charge >= 0.3 is 5.97 Å². The monoisotopic (exact) mass is 197 g/mol. The van der Waals surface area contributed by atoms with Gasteiger partial charge in [0, 0.05) is 0 Å². The van der Waals surface area contributed by atoms with Crippen molar-refractivity contribution < 1.29 is 16.4 Å². The number of benzene rings is 1. The van der Waals surface area contributed by atoms with Gasteiger partial charge in [-0.2, -0.15) is 0 Å². The molecule has 5 nitrogen and oxygen atoms in total. The van der Waals surface area contributed by atoms with Gasteiger partial charge in [-0.15, -0.1) is 0 Å². The Balaban J connectivity index is 2.83. The summed E-state index contributed by atoms with van der Waals surface area (Å²) in [6.07, 6.45) is 0.157. The summed E-state index contributed by atoms with van der Waals surface area (Å²) in [6.45, 7) is 0. The Morgan fingerprint density at radius 2 is 2.36 bits per heavy atom. The molecule has 6 N–H and O–H groups in total. The van der Waals surface area contributed by atoms with Crippen molar-refractivity contribution in [3.8, 4) is 5.75 Å². The third-order valence-electron chi connectivity index (χ3n) is 1.83. The highest BCUT2D eigenvalue weighted by molar-refractivity contribution is 5.73. The maximum Gasteiger partial charge on any atom is 0.320 e. The lowest BCUT2D eigenvalue weighted by atomic mass is 10.1. The fraction of sp³-hybridized carbons (Fsp3) is 0.222. The normalized spacial score (nSPS) is 13.1. The number of aliphatic carboxylic acids is 1. The zero-order valence-corrected chi connectivity index (χ0v) is 7.40. The zero-order chi connectivity index (χ0) is 11.4. The van der Waals surface area contributed by atoms with Crippen LogP contribution in [0.15, 0.2) is 18.2 Å². The van der Waals surface area contributed by atoms with Crippen molar-refractivity contribution in [3.63, 3.8) is 0 Å². The Bertz CT molecular complexity index is 370. The minimum absolute atomic E-state index is 0.0577. The summed E-state index contributed by atoms with van der Waals surface area (Å²) in [5.74, 6) is -1.14. The molecular weight excluding hydrogens is 184 g/mol. The molecule has 0 unspecified atom stereocenters. The van der Waals surface area contributed by atoms with Gasteiger partial charge in [0.2, 0.25) is 0 Å². The third kappa shape index (κ3) is 2.37. The predicted octanol–water partition coefficient (Wildman–Crippen LogP) is -0.0712. The highest BCUT2D eigenvalue weighted by atomic mass is 16.4. The number of phenolic OH excluding ortho intramolecular Hbond substituents is 1. The molecule has 1 aromatic carbocycles. The van der Waals surface area contributed by atoms with Crippen molar-refractivity contribution in [1.29, 1.82) is 0 Å². The van der Waals surface area contributed by atoms with Gasteiger partial charge in [0.15, 0.2) is 1.41 Å². The highest BCUT2D eigenvalue weighted by Gasteiger charge is 2.12. The lowest BCUT2D eigenvalue weighted by Crippen LogP contribution is -2.32. The van der Waals surface area contributed by atoms with E-state index in [0.29, 0.717) is 5.56 Å². The Morgan fingerprint density at radius 3 is 2.93 bits per heavy atom.